The number of esters is 2. The third-order valence-electron chi connectivity index (χ3n) is 13.4. The summed E-state index contributed by atoms with van der Waals surface area (Å²) in [6, 6.07) is 0. The number of hydrogen-bond donors (Lipinski definition) is 6. The van der Waals surface area contributed by atoms with Crippen LogP contribution in [-0.4, -0.2) is 117 Å². The second kappa shape index (κ2) is 39.4. The van der Waals surface area contributed by atoms with Crippen molar-refractivity contribution >= 4 is 11.9 Å². The Morgan fingerprint density at radius 3 is 0.815 bits per heavy atom. The Kier molecular flexibility index (Phi) is 36.2. The van der Waals surface area contributed by atoms with Crippen molar-refractivity contribution < 1.29 is 63.9 Å². The predicted molar refractivity (Wildman–Crippen MR) is 254 cm³/mol. The molecule has 6 N–H and O–H groups in total. The summed E-state index contributed by atoms with van der Waals surface area (Å²) >= 11 is 0. The number of unbranched alkanes of at least 4 members (excludes halogenated alkanes) is 32. The van der Waals surface area contributed by atoms with E-state index in [9.17, 15) is 40.2 Å². The summed E-state index contributed by atoms with van der Waals surface area (Å²) in [5.74, 6) is -0.962. The van der Waals surface area contributed by atoms with Gasteiger partial charge in [0.2, 0.25) is 0 Å². The van der Waals surface area contributed by atoms with Crippen molar-refractivity contribution in [3.63, 3.8) is 0 Å². The molecule has 10 atom stereocenters. The Hall–Kier alpha value is -1.42. The molecular weight excluding hydrogens is 833 g/mol. The molecule has 13 heteroatoms. The van der Waals surface area contributed by atoms with Crippen LogP contribution in [0.15, 0.2) is 0 Å². The van der Waals surface area contributed by atoms with Gasteiger partial charge in [-0.15, -0.1) is 0 Å². The molecule has 2 aliphatic rings. The van der Waals surface area contributed by atoms with Gasteiger partial charge in [-0.25, -0.2) is 0 Å². The predicted octanol–water partition coefficient (Wildman–Crippen LogP) is 9.79. The first-order chi connectivity index (χ1) is 31.6. The van der Waals surface area contributed by atoms with E-state index in [0.717, 1.165) is 38.5 Å². The highest BCUT2D eigenvalue weighted by molar-refractivity contribution is 5.69. The molecule has 2 aliphatic heterocycles. The van der Waals surface area contributed by atoms with Crippen molar-refractivity contribution in [2.45, 2.75) is 306 Å². The lowest BCUT2D eigenvalue weighted by molar-refractivity contribution is -0.376. The van der Waals surface area contributed by atoms with Gasteiger partial charge in [0.1, 0.15) is 62.0 Å². The molecular formula is C52H98O13. The second-order valence-corrected chi connectivity index (χ2v) is 19.3. The van der Waals surface area contributed by atoms with Crippen molar-refractivity contribution in [1.82, 2.24) is 0 Å². The molecule has 0 saturated carbocycles. The van der Waals surface area contributed by atoms with Gasteiger partial charge in [0.05, 0.1) is 0 Å². The fourth-order valence-electron chi connectivity index (χ4n) is 8.95. The average Bonchev–Trinajstić information content (AvgIpc) is 3.30. The van der Waals surface area contributed by atoms with Crippen LogP contribution in [0.25, 0.3) is 0 Å². The summed E-state index contributed by atoms with van der Waals surface area (Å²) in [7, 11) is 0. The standard InChI is InChI=1S/C52H98O13/c1-3-5-7-9-11-13-15-17-19-21-23-25-27-29-31-33-35-37-43(53)61-39-41-45(55)47(57)49(59)51(63-41)65-52-50(60)48(58)46(56)42(64-52)40-62-44(54)38-36-34-32-30-28-26-24-22-20-18-16-14-12-10-8-6-4-2/h41-42,45-52,55-60H,3-40H2,1-2H3/t41-,42-,45-,46-,47+,48+,49-,50-,51-,52-/m1/s1. The number of aliphatic hydroxyl groups excluding tert-OH is 6. The van der Waals surface area contributed by atoms with Crippen molar-refractivity contribution in [3.8, 4) is 0 Å². The minimum absolute atomic E-state index is 0.195. The minimum atomic E-state index is -1.80. The Morgan fingerprint density at radius 1 is 0.338 bits per heavy atom. The molecule has 2 heterocycles. The van der Waals surface area contributed by atoms with Crippen LogP contribution in [0.3, 0.4) is 0 Å². The first-order valence-corrected chi connectivity index (χ1v) is 27.0. The summed E-state index contributed by atoms with van der Waals surface area (Å²) in [5.41, 5.74) is 0. The fourth-order valence-corrected chi connectivity index (χ4v) is 8.95. The zero-order chi connectivity index (χ0) is 47.3. The lowest BCUT2D eigenvalue weighted by atomic mass is 9.98. The van der Waals surface area contributed by atoms with Gasteiger partial charge in [0.25, 0.3) is 0 Å². The number of aliphatic hydroxyl groups is 6. The molecule has 2 rings (SSSR count). The SMILES string of the molecule is CCCCCCCCCCCCCCCCCCCC(=O)OC[C@H]1O[C@H](O[C@H]2O[C@H](COC(=O)CCCCCCCCCCCCCCCCCCC)[C@@H](O)[C@H](O)[C@H]2O)[C@H](O)[C@@H](O)[C@@H]1O. The van der Waals surface area contributed by atoms with Crippen LogP contribution in [0, 0.1) is 0 Å². The van der Waals surface area contributed by atoms with E-state index >= 15 is 0 Å². The molecule has 0 amide bonds. The van der Waals surface area contributed by atoms with Crippen LogP contribution in [0.4, 0.5) is 0 Å². The molecule has 0 bridgehead atoms. The van der Waals surface area contributed by atoms with E-state index in [-0.39, 0.29) is 12.8 Å². The van der Waals surface area contributed by atoms with Crippen molar-refractivity contribution in [2.75, 3.05) is 13.2 Å². The molecule has 0 aromatic rings. The third-order valence-corrected chi connectivity index (χ3v) is 13.4. The topological polar surface area (TPSA) is 202 Å². The van der Waals surface area contributed by atoms with E-state index in [2.05, 4.69) is 13.8 Å². The molecule has 384 valence electrons. The summed E-state index contributed by atoms with van der Waals surface area (Å²) < 4.78 is 27.6. The fraction of sp³-hybridized carbons (Fsp3) is 0.962. The first-order valence-electron chi connectivity index (χ1n) is 27.0. The molecule has 0 aliphatic carbocycles. The van der Waals surface area contributed by atoms with Crippen LogP contribution in [0.5, 0.6) is 0 Å². The maximum absolute atomic E-state index is 12.5. The monoisotopic (exact) mass is 931 g/mol. The number of carbonyl (C=O) groups excluding carboxylic acids is 2. The van der Waals surface area contributed by atoms with E-state index < -0.39 is 86.6 Å². The molecule has 0 spiro atoms. The van der Waals surface area contributed by atoms with Gasteiger partial charge in [-0.2, -0.15) is 0 Å². The van der Waals surface area contributed by atoms with Gasteiger partial charge >= 0.3 is 11.9 Å². The number of ether oxygens (including phenoxy) is 5. The van der Waals surface area contributed by atoms with Crippen molar-refractivity contribution in [3.05, 3.63) is 0 Å². The highest BCUT2D eigenvalue weighted by Gasteiger charge is 2.50. The number of carbonyl (C=O) groups is 2. The average molecular weight is 931 g/mol. The van der Waals surface area contributed by atoms with Gasteiger partial charge < -0.3 is 54.3 Å². The molecule has 65 heavy (non-hydrogen) atoms. The van der Waals surface area contributed by atoms with Crippen molar-refractivity contribution in [2.24, 2.45) is 0 Å². The number of hydrogen-bond acceptors (Lipinski definition) is 13. The van der Waals surface area contributed by atoms with Crippen LogP contribution < -0.4 is 0 Å². The lowest BCUT2D eigenvalue weighted by Crippen LogP contribution is -2.64. The first kappa shape index (κ1) is 59.7. The lowest BCUT2D eigenvalue weighted by Gasteiger charge is -2.44. The summed E-state index contributed by atoms with van der Waals surface area (Å²) in [6.07, 6.45) is 26.2. The largest absolute Gasteiger partial charge is 0.463 e. The maximum Gasteiger partial charge on any atom is 0.305 e. The normalized spacial score (nSPS) is 25.8. The van der Waals surface area contributed by atoms with Gasteiger partial charge in [-0.1, -0.05) is 219 Å². The summed E-state index contributed by atoms with van der Waals surface area (Å²) in [5, 5.41) is 63.6. The molecule has 0 unspecified atom stereocenters. The number of rotatable bonds is 42. The van der Waals surface area contributed by atoms with Crippen molar-refractivity contribution in [1.29, 1.82) is 0 Å². The zero-order valence-electron chi connectivity index (χ0n) is 41.2. The van der Waals surface area contributed by atoms with E-state index in [4.69, 9.17) is 23.7 Å². The van der Waals surface area contributed by atoms with Gasteiger partial charge in [-0.3, -0.25) is 9.59 Å². The van der Waals surface area contributed by atoms with Crippen LogP contribution in [0.1, 0.15) is 245 Å². The molecule has 0 aromatic heterocycles. The smallest absolute Gasteiger partial charge is 0.305 e. The zero-order valence-corrected chi connectivity index (χ0v) is 41.2. The van der Waals surface area contributed by atoms with E-state index in [1.165, 1.54) is 167 Å². The Bertz CT molecular complexity index is 1040. The minimum Gasteiger partial charge on any atom is -0.463 e. The summed E-state index contributed by atoms with van der Waals surface area (Å²) in [4.78, 5) is 25.0. The van der Waals surface area contributed by atoms with Crippen LogP contribution >= 0.6 is 0 Å². The maximum atomic E-state index is 12.5. The highest BCUT2D eigenvalue weighted by Crippen LogP contribution is 2.29. The van der Waals surface area contributed by atoms with Crippen LogP contribution in [-0.2, 0) is 33.3 Å². The van der Waals surface area contributed by atoms with E-state index in [1.54, 1.807) is 0 Å². The van der Waals surface area contributed by atoms with Gasteiger partial charge in [-0.05, 0) is 12.8 Å². The Balaban J connectivity index is 1.57. The van der Waals surface area contributed by atoms with E-state index in [1.807, 2.05) is 0 Å². The summed E-state index contributed by atoms with van der Waals surface area (Å²) in [6.45, 7) is 3.67. The molecule has 0 aromatic carbocycles. The Morgan fingerprint density at radius 2 is 0.569 bits per heavy atom. The van der Waals surface area contributed by atoms with E-state index in [0.29, 0.717) is 12.8 Å². The van der Waals surface area contributed by atoms with Gasteiger partial charge in [0.15, 0.2) is 12.6 Å². The highest BCUT2D eigenvalue weighted by atomic mass is 16.8. The third kappa shape index (κ3) is 28.0. The molecule has 0 radical (unpaired) electrons. The Labute approximate surface area is 394 Å². The van der Waals surface area contributed by atoms with Gasteiger partial charge in [0, 0.05) is 12.8 Å². The van der Waals surface area contributed by atoms with Crippen LogP contribution in [0.2, 0.25) is 0 Å². The second-order valence-electron chi connectivity index (χ2n) is 19.3. The molecule has 13 nitrogen and oxygen atoms in total. The molecule has 2 fully saturated rings. The quantitative estimate of drug-likeness (QED) is 0.0250. The molecule has 2 saturated heterocycles.